The second kappa shape index (κ2) is 11.4. The van der Waals surface area contributed by atoms with Crippen LogP contribution in [-0.4, -0.2) is 41.6 Å². The molecule has 0 fully saturated rings. The van der Waals surface area contributed by atoms with Crippen LogP contribution in [-0.2, 0) is 15.4 Å². The molecule has 0 aliphatic carbocycles. The van der Waals surface area contributed by atoms with Gasteiger partial charge in [-0.25, -0.2) is 28.4 Å². The van der Waals surface area contributed by atoms with Crippen LogP contribution in [0.3, 0.4) is 0 Å². The van der Waals surface area contributed by atoms with Crippen molar-refractivity contribution in [2.75, 3.05) is 17.9 Å². The highest BCUT2D eigenvalue weighted by atomic mass is 79.9. The van der Waals surface area contributed by atoms with E-state index in [0.717, 1.165) is 21.2 Å². The first kappa shape index (κ1) is 27.5. The molecule has 4 aromatic rings. The third-order valence-electron chi connectivity index (χ3n) is 5.57. The Kier molecular flexibility index (Phi) is 8.27. The number of anilines is 1. The average molecular weight is 599 g/mol. The number of hydrogen-bond acceptors (Lipinski definition) is 8. The number of aromatic nitrogens is 4. The van der Waals surface area contributed by atoms with Crippen molar-refractivity contribution in [2.24, 2.45) is 0 Å². The van der Waals surface area contributed by atoms with Gasteiger partial charge >= 0.3 is 6.01 Å². The van der Waals surface area contributed by atoms with Gasteiger partial charge in [-0.1, -0.05) is 56.7 Å². The summed E-state index contributed by atoms with van der Waals surface area (Å²) in [5, 5.41) is 0. The first-order valence-electron chi connectivity index (χ1n) is 11.8. The molecule has 4 rings (SSSR count). The summed E-state index contributed by atoms with van der Waals surface area (Å²) in [7, 11) is -4.07. The number of rotatable bonds is 9. The number of sulfonamides is 1. The number of hydrogen-bond donors (Lipinski definition) is 1. The predicted molar refractivity (Wildman–Crippen MR) is 149 cm³/mol. The molecule has 0 atom stereocenters. The molecule has 0 radical (unpaired) electrons. The van der Waals surface area contributed by atoms with Crippen molar-refractivity contribution in [1.82, 2.24) is 19.9 Å². The van der Waals surface area contributed by atoms with E-state index in [4.69, 9.17) is 9.47 Å². The Bertz CT molecular complexity index is 1510. The van der Waals surface area contributed by atoms with E-state index < -0.39 is 10.0 Å². The van der Waals surface area contributed by atoms with Crippen molar-refractivity contribution in [3.05, 3.63) is 83.0 Å². The molecule has 0 spiro atoms. The molecule has 2 heterocycles. The molecule has 0 aliphatic heterocycles. The maximum atomic E-state index is 13.6. The van der Waals surface area contributed by atoms with Crippen molar-refractivity contribution in [1.29, 1.82) is 0 Å². The monoisotopic (exact) mass is 597 g/mol. The van der Waals surface area contributed by atoms with Crippen molar-refractivity contribution in [3.63, 3.8) is 0 Å². The summed E-state index contributed by atoms with van der Waals surface area (Å²) in [5.74, 6) is 0.376. The van der Waals surface area contributed by atoms with Crippen molar-refractivity contribution in [3.8, 4) is 22.9 Å². The molecule has 2 aromatic carbocycles. The second-order valence-electron chi connectivity index (χ2n) is 9.55. The van der Waals surface area contributed by atoms with Crippen LogP contribution < -0.4 is 14.2 Å². The van der Waals surface area contributed by atoms with E-state index in [9.17, 15) is 8.42 Å². The van der Waals surface area contributed by atoms with Gasteiger partial charge in [0.2, 0.25) is 0 Å². The smallest absolute Gasteiger partial charge is 0.316 e. The molecule has 0 aliphatic rings. The molecule has 0 amide bonds. The van der Waals surface area contributed by atoms with Gasteiger partial charge in [0.25, 0.3) is 10.0 Å². The Morgan fingerprint density at radius 1 is 0.921 bits per heavy atom. The minimum Gasteiger partial charge on any atom is -0.489 e. The summed E-state index contributed by atoms with van der Waals surface area (Å²) in [6.07, 6.45) is 6.03. The SMILES string of the molecule is Cc1ccc(-c2cncnc2NS(=O)(=O)c2ccc(C(C)(C)C)cc2OCCOc2ncc(Br)cn2)cc1. The van der Waals surface area contributed by atoms with Gasteiger partial charge in [-0.05, 0) is 51.5 Å². The van der Waals surface area contributed by atoms with Gasteiger partial charge in [0.1, 0.15) is 30.2 Å². The Morgan fingerprint density at radius 3 is 2.29 bits per heavy atom. The Labute approximate surface area is 230 Å². The van der Waals surface area contributed by atoms with Gasteiger partial charge in [0.05, 0.1) is 4.47 Å². The third-order valence-corrected chi connectivity index (χ3v) is 7.36. The third kappa shape index (κ3) is 6.84. The number of aryl methyl sites for hydroxylation is 1. The molecule has 11 heteroatoms. The molecule has 38 heavy (non-hydrogen) atoms. The number of ether oxygens (including phenoxy) is 2. The number of nitrogens with one attached hydrogen (secondary N) is 1. The summed E-state index contributed by atoms with van der Waals surface area (Å²) in [4.78, 5) is 16.4. The van der Waals surface area contributed by atoms with Crippen LogP contribution in [0.4, 0.5) is 5.82 Å². The fourth-order valence-electron chi connectivity index (χ4n) is 3.51. The molecule has 9 nitrogen and oxygen atoms in total. The summed E-state index contributed by atoms with van der Waals surface area (Å²) in [6.45, 7) is 8.31. The zero-order chi connectivity index (χ0) is 27.3. The Balaban J connectivity index is 1.60. The van der Waals surface area contributed by atoms with E-state index in [1.807, 2.05) is 52.0 Å². The average Bonchev–Trinajstić information content (AvgIpc) is 2.88. The predicted octanol–water partition coefficient (Wildman–Crippen LogP) is 5.56. The molecule has 0 bridgehead atoms. The van der Waals surface area contributed by atoms with E-state index in [0.29, 0.717) is 5.56 Å². The van der Waals surface area contributed by atoms with E-state index in [1.165, 1.54) is 6.33 Å². The summed E-state index contributed by atoms with van der Waals surface area (Å²) in [5.41, 5.74) is 3.14. The summed E-state index contributed by atoms with van der Waals surface area (Å²) >= 11 is 3.28. The second-order valence-corrected chi connectivity index (χ2v) is 12.1. The highest BCUT2D eigenvalue weighted by molar-refractivity contribution is 9.10. The number of halogens is 1. The maximum Gasteiger partial charge on any atom is 0.316 e. The van der Waals surface area contributed by atoms with Crippen molar-refractivity contribution in [2.45, 2.75) is 38.0 Å². The van der Waals surface area contributed by atoms with Gasteiger partial charge in [-0.15, -0.1) is 0 Å². The highest BCUT2D eigenvalue weighted by Crippen LogP contribution is 2.33. The van der Waals surface area contributed by atoms with Gasteiger partial charge < -0.3 is 9.47 Å². The molecule has 0 saturated carbocycles. The minimum absolute atomic E-state index is 0.0149. The first-order valence-corrected chi connectivity index (χ1v) is 14.1. The van der Waals surface area contributed by atoms with E-state index >= 15 is 0 Å². The molecule has 0 saturated heterocycles. The van der Waals surface area contributed by atoms with Crippen LogP contribution in [0, 0.1) is 6.92 Å². The largest absolute Gasteiger partial charge is 0.489 e. The van der Waals surface area contributed by atoms with Gasteiger partial charge in [0, 0.05) is 24.2 Å². The lowest BCUT2D eigenvalue weighted by Gasteiger charge is -2.22. The van der Waals surface area contributed by atoms with Crippen LogP contribution in [0.25, 0.3) is 11.1 Å². The summed E-state index contributed by atoms with van der Waals surface area (Å²) in [6, 6.07) is 12.9. The fourth-order valence-corrected chi connectivity index (χ4v) is 4.87. The standard InChI is InChI=1S/C27H28BrN5O4S/c1-18-5-7-19(8-6-18)22-16-29-17-32-25(22)33-38(34,35)24-10-9-20(27(2,3)4)13-23(24)36-11-12-37-26-30-14-21(28)15-31-26/h5-10,13-17H,11-12H2,1-4H3,(H,29,32,33). The molecular formula is C27H28BrN5O4S. The zero-order valence-electron chi connectivity index (χ0n) is 21.5. The van der Waals surface area contributed by atoms with Crippen LogP contribution >= 0.6 is 15.9 Å². The van der Waals surface area contributed by atoms with E-state index in [1.54, 1.807) is 36.8 Å². The normalized spacial score (nSPS) is 11.7. The van der Waals surface area contributed by atoms with Gasteiger partial charge in [-0.2, -0.15) is 0 Å². The molecule has 1 N–H and O–H groups in total. The van der Waals surface area contributed by atoms with Crippen LogP contribution in [0.1, 0.15) is 31.9 Å². The lowest BCUT2D eigenvalue weighted by atomic mass is 9.87. The quantitative estimate of drug-likeness (QED) is 0.249. The molecular weight excluding hydrogens is 570 g/mol. The van der Waals surface area contributed by atoms with Crippen LogP contribution in [0.5, 0.6) is 11.8 Å². The van der Waals surface area contributed by atoms with Crippen molar-refractivity contribution < 1.29 is 17.9 Å². The van der Waals surface area contributed by atoms with Gasteiger partial charge in [-0.3, -0.25) is 4.72 Å². The lowest BCUT2D eigenvalue weighted by molar-refractivity contribution is 0.203. The minimum atomic E-state index is -4.07. The highest BCUT2D eigenvalue weighted by Gasteiger charge is 2.25. The van der Waals surface area contributed by atoms with Crippen LogP contribution in [0.2, 0.25) is 0 Å². The molecule has 0 unspecified atom stereocenters. The Morgan fingerprint density at radius 2 is 1.61 bits per heavy atom. The van der Waals surface area contributed by atoms with E-state index in [2.05, 4.69) is 40.6 Å². The van der Waals surface area contributed by atoms with Crippen molar-refractivity contribution >= 4 is 31.8 Å². The lowest BCUT2D eigenvalue weighted by Crippen LogP contribution is -2.19. The number of nitrogens with zero attached hydrogens (tertiary/aromatic N) is 4. The van der Waals surface area contributed by atoms with E-state index in [-0.39, 0.29) is 41.1 Å². The zero-order valence-corrected chi connectivity index (χ0v) is 23.9. The summed E-state index contributed by atoms with van der Waals surface area (Å²) < 4.78 is 42.0. The maximum absolute atomic E-state index is 13.6. The first-order chi connectivity index (χ1) is 18.0. The van der Waals surface area contributed by atoms with Gasteiger partial charge in [0.15, 0.2) is 5.82 Å². The molecule has 2 aromatic heterocycles. The number of benzene rings is 2. The Hall–Kier alpha value is -3.57. The fraction of sp³-hybridized carbons (Fsp3) is 0.259. The topological polar surface area (TPSA) is 116 Å². The molecule has 198 valence electrons. The van der Waals surface area contributed by atoms with Crippen LogP contribution in [0.15, 0.2) is 76.8 Å².